The molecule has 0 bridgehead atoms. The lowest BCUT2D eigenvalue weighted by molar-refractivity contribution is -0.142. The maximum Gasteiger partial charge on any atom is 0.303 e. The standard InChI is InChI=1S/C9H17NO2/c1-2-7-3-9(4-7,6-10)5-8(11)12/h7H,2-6,10H2,1H3,(H,11,12)/t7-,9-. The number of carbonyl (C=O) groups is 1. The molecule has 12 heavy (non-hydrogen) atoms. The third-order valence-corrected chi connectivity index (χ3v) is 2.98. The summed E-state index contributed by atoms with van der Waals surface area (Å²) in [4.78, 5) is 10.5. The van der Waals surface area contributed by atoms with Crippen LogP contribution in [0.15, 0.2) is 0 Å². The van der Waals surface area contributed by atoms with Crippen LogP contribution in [0.25, 0.3) is 0 Å². The first-order valence-electron chi connectivity index (χ1n) is 4.54. The molecule has 3 nitrogen and oxygen atoms in total. The van der Waals surface area contributed by atoms with Crippen LogP contribution in [0.1, 0.15) is 32.6 Å². The van der Waals surface area contributed by atoms with E-state index >= 15 is 0 Å². The third-order valence-electron chi connectivity index (χ3n) is 2.98. The minimum Gasteiger partial charge on any atom is -0.481 e. The van der Waals surface area contributed by atoms with Gasteiger partial charge < -0.3 is 10.8 Å². The van der Waals surface area contributed by atoms with E-state index in [0.29, 0.717) is 12.5 Å². The molecule has 3 heteroatoms. The molecular weight excluding hydrogens is 154 g/mol. The molecule has 0 atom stereocenters. The number of aliphatic carboxylic acids is 1. The van der Waals surface area contributed by atoms with E-state index in [1.807, 2.05) is 0 Å². The van der Waals surface area contributed by atoms with Crippen molar-refractivity contribution in [2.45, 2.75) is 32.6 Å². The molecule has 0 radical (unpaired) electrons. The quantitative estimate of drug-likeness (QED) is 0.668. The lowest BCUT2D eigenvalue weighted by Gasteiger charge is -2.46. The largest absolute Gasteiger partial charge is 0.481 e. The Bertz CT molecular complexity index is 173. The predicted octanol–water partition coefficient (Wildman–Crippen LogP) is 1.23. The first-order valence-corrected chi connectivity index (χ1v) is 4.54. The van der Waals surface area contributed by atoms with E-state index in [4.69, 9.17) is 10.8 Å². The molecule has 0 spiro atoms. The van der Waals surface area contributed by atoms with Gasteiger partial charge in [-0.15, -0.1) is 0 Å². The highest BCUT2D eigenvalue weighted by atomic mass is 16.4. The summed E-state index contributed by atoms with van der Waals surface area (Å²) in [7, 11) is 0. The summed E-state index contributed by atoms with van der Waals surface area (Å²) >= 11 is 0. The second-order valence-electron chi connectivity index (χ2n) is 3.96. The van der Waals surface area contributed by atoms with E-state index < -0.39 is 5.97 Å². The molecule has 0 amide bonds. The molecule has 0 heterocycles. The zero-order valence-electron chi connectivity index (χ0n) is 7.55. The van der Waals surface area contributed by atoms with E-state index in [9.17, 15) is 4.79 Å². The number of nitrogens with two attached hydrogens (primary N) is 1. The number of hydrogen-bond donors (Lipinski definition) is 2. The lowest BCUT2D eigenvalue weighted by Crippen LogP contribution is -2.44. The molecule has 0 saturated heterocycles. The fraction of sp³-hybridized carbons (Fsp3) is 0.889. The number of rotatable bonds is 4. The molecule has 70 valence electrons. The molecular formula is C9H17NO2. The molecule has 1 aliphatic carbocycles. The summed E-state index contributed by atoms with van der Waals surface area (Å²) in [5.41, 5.74) is 5.51. The smallest absolute Gasteiger partial charge is 0.303 e. The van der Waals surface area contributed by atoms with E-state index in [0.717, 1.165) is 19.3 Å². The molecule has 1 aliphatic rings. The Morgan fingerprint density at radius 1 is 1.67 bits per heavy atom. The Labute approximate surface area is 72.9 Å². The van der Waals surface area contributed by atoms with Gasteiger partial charge in [-0.2, -0.15) is 0 Å². The van der Waals surface area contributed by atoms with Gasteiger partial charge in [-0.3, -0.25) is 4.79 Å². The predicted molar refractivity (Wildman–Crippen MR) is 46.8 cm³/mol. The van der Waals surface area contributed by atoms with Gasteiger partial charge in [0.25, 0.3) is 0 Å². The van der Waals surface area contributed by atoms with Crippen LogP contribution in [0.2, 0.25) is 0 Å². The zero-order valence-corrected chi connectivity index (χ0v) is 7.55. The van der Waals surface area contributed by atoms with Gasteiger partial charge in [-0.25, -0.2) is 0 Å². The van der Waals surface area contributed by atoms with Crippen LogP contribution in [0, 0.1) is 11.3 Å². The van der Waals surface area contributed by atoms with E-state index in [1.54, 1.807) is 0 Å². The van der Waals surface area contributed by atoms with Crippen molar-refractivity contribution in [2.24, 2.45) is 17.1 Å². The molecule has 3 N–H and O–H groups in total. The van der Waals surface area contributed by atoms with Crippen LogP contribution in [-0.2, 0) is 4.79 Å². The summed E-state index contributed by atoms with van der Waals surface area (Å²) < 4.78 is 0. The second kappa shape index (κ2) is 3.44. The SMILES string of the molecule is CC[C@H]1C[C@@](CN)(CC(=O)O)C1. The van der Waals surface area contributed by atoms with Gasteiger partial charge in [0.15, 0.2) is 0 Å². The van der Waals surface area contributed by atoms with Crippen LogP contribution in [0.4, 0.5) is 0 Å². The summed E-state index contributed by atoms with van der Waals surface area (Å²) in [6.07, 6.45) is 3.42. The molecule has 0 aromatic carbocycles. The average molecular weight is 171 g/mol. The highest BCUT2D eigenvalue weighted by Gasteiger charge is 2.43. The Balaban J connectivity index is 2.41. The summed E-state index contributed by atoms with van der Waals surface area (Å²) in [6.45, 7) is 2.67. The monoisotopic (exact) mass is 171 g/mol. The van der Waals surface area contributed by atoms with Crippen LogP contribution in [0.3, 0.4) is 0 Å². The first-order chi connectivity index (χ1) is 5.62. The van der Waals surface area contributed by atoms with E-state index in [-0.39, 0.29) is 11.8 Å². The van der Waals surface area contributed by atoms with Gasteiger partial charge in [-0.1, -0.05) is 13.3 Å². The van der Waals surface area contributed by atoms with Gasteiger partial charge >= 0.3 is 5.97 Å². The Hall–Kier alpha value is -0.570. The van der Waals surface area contributed by atoms with Crippen molar-refractivity contribution < 1.29 is 9.90 Å². The van der Waals surface area contributed by atoms with Crippen LogP contribution < -0.4 is 5.73 Å². The van der Waals surface area contributed by atoms with Gasteiger partial charge in [0.05, 0.1) is 6.42 Å². The minimum atomic E-state index is -0.713. The molecule has 1 rings (SSSR count). The molecule has 1 fully saturated rings. The van der Waals surface area contributed by atoms with Crippen molar-refractivity contribution in [2.75, 3.05) is 6.54 Å². The molecule has 0 unspecified atom stereocenters. The Morgan fingerprint density at radius 2 is 2.25 bits per heavy atom. The van der Waals surface area contributed by atoms with Crippen molar-refractivity contribution in [1.29, 1.82) is 0 Å². The van der Waals surface area contributed by atoms with Crippen molar-refractivity contribution >= 4 is 5.97 Å². The molecule has 0 aromatic heterocycles. The Morgan fingerprint density at radius 3 is 2.58 bits per heavy atom. The number of carboxylic acid groups (broad SMARTS) is 1. The van der Waals surface area contributed by atoms with E-state index in [1.165, 1.54) is 0 Å². The van der Waals surface area contributed by atoms with Crippen LogP contribution in [0.5, 0.6) is 0 Å². The first kappa shape index (κ1) is 9.52. The second-order valence-corrected chi connectivity index (χ2v) is 3.96. The fourth-order valence-corrected chi connectivity index (χ4v) is 2.16. The van der Waals surface area contributed by atoms with Crippen molar-refractivity contribution in [3.63, 3.8) is 0 Å². The van der Waals surface area contributed by atoms with Gasteiger partial charge in [-0.05, 0) is 30.7 Å². The normalized spacial score (nSPS) is 34.3. The number of carboxylic acids is 1. The van der Waals surface area contributed by atoms with Gasteiger partial charge in [0.1, 0.15) is 0 Å². The van der Waals surface area contributed by atoms with Crippen molar-refractivity contribution in [3.05, 3.63) is 0 Å². The minimum absolute atomic E-state index is 0.0630. The molecule has 0 aromatic rings. The molecule has 1 saturated carbocycles. The summed E-state index contributed by atoms with van der Waals surface area (Å²) in [5, 5.41) is 8.65. The maximum absolute atomic E-state index is 10.5. The Kier molecular flexibility index (Phi) is 2.73. The molecule has 0 aliphatic heterocycles. The highest BCUT2D eigenvalue weighted by molar-refractivity contribution is 5.68. The fourth-order valence-electron chi connectivity index (χ4n) is 2.16. The van der Waals surface area contributed by atoms with Crippen molar-refractivity contribution in [1.82, 2.24) is 0 Å². The number of hydrogen-bond acceptors (Lipinski definition) is 2. The third kappa shape index (κ3) is 1.78. The topological polar surface area (TPSA) is 63.3 Å². The van der Waals surface area contributed by atoms with E-state index in [2.05, 4.69) is 6.92 Å². The lowest BCUT2D eigenvalue weighted by atomic mass is 9.59. The van der Waals surface area contributed by atoms with Gasteiger partial charge in [0.2, 0.25) is 0 Å². The van der Waals surface area contributed by atoms with Gasteiger partial charge in [0, 0.05) is 0 Å². The highest BCUT2D eigenvalue weighted by Crippen LogP contribution is 2.48. The summed E-state index contributed by atoms with van der Waals surface area (Å²) in [6, 6.07) is 0. The zero-order chi connectivity index (χ0) is 9.19. The maximum atomic E-state index is 10.5. The van der Waals surface area contributed by atoms with Crippen LogP contribution in [-0.4, -0.2) is 17.6 Å². The average Bonchev–Trinajstić information content (AvgIpc) is 1.95. The summed E-state index contributed by atoms with van der Waals surface area (Å²) in [5.74, 6) is 0.00269. The van der Waals surface area contributed by atoms with Crippen LogP contribution >= 0.6 is 0 Å². The van der Waals surface area contributed by atoms with Crippen molar-refractivity contribution in [3.8, 4) is 0 Å².